The Balaban J connectivity index is 0.774. The van der Waals surface area contributed by atoms with Crippen molar-refractivity contribution in [3.05, 3.63) is 105 Å². The van der Waals surface area contributed by atoms with Gasteiger partial charge in [0.05, 0.1) is 51.3 Å². The number of benzene rings is 3. The maximum atomic E-state index is 14.5. The van der Waals surface area contributed by atoms with Crippen molar-refractivity contribution in [1.82, 2.24) is 35.6 Å². The molecule has 4 N–H and O–H groups in total. The van der Waals surface area contributed by atoms with Crippen molar-refractivity contribution in [2.24, 2.45) is 27.6 Å². The number of nitrogens with one attached hydrogen (secondary N) is 3. The molecule has 4 atom stereocenters. The lowest BCUT2D eigenvalue weighted by Crippen LogP contribution is -2.74. The number of aryl methyl sites for hydroxylation is 1. The minimum absolute atomic E-state index is 0.0115. The van der Waals surface area contributed by atoms with Crippen molar-refractivity contribution in [3.63, 3.8) is 0 Å². The summed E-state index contributed by atoms with van der Waals surface area (Å²) in [4.78, 5) is 81.1. The fraction of sp³-hybridized carbons (Fsp3) is 0.524. The van der Waals surface area contributed by atoms with Crippen LogP contribution in [0.3, 0.4) is 0 Å². The van der Waals surface area contributed by atoms with Crippen LogP contribution < -0.4 is 20.7 Å². The van der Waals surface area contributed by atoms with Crippen molar-refractivity contribution in [2.45, 2.75) is 149 Å². The fourth-order valence-corrected chi connectivity index (χ4v) is 13.8. The first-order chi connectivity index (χ1) is 38.4. The number of rotatable bonds is 14. The molecule has 5 aliphatic rings. The Morgan fingerprint density at radius 1 is 0.901 bits per heavy atom. The number of hydrogen-bond acceptors (Lipinski definition) is 12. The first kappa shape index (κ1) is 58.8. The molecule has 81 heavy (non-hydrogen) atoms. The Morgan fingerprint density at radius 3 is 2.15 bits per heavy atom. The van der Waals surface area contributed by atoms with Gasteiger partial charge >= 0.3 is 0 Å². The number of nitrogens with zero attached hydrogens (tertiary/aromatic N) is 6. The van der Waals surface area contributed by atoms with E-state index in [-0.39, 0.29) is 60.1 Å². The molecule has 2 saturated carbocycles. The van der Waals surface area contributed by atoms with Gasteiger partial charge in [0.2, 0.25) is 23.6 Å². The summed E-state index contributed by atoms with van der Waals surface area (Å²) < 4.78 is 6.40. The Kier molecular flexibility index (Phi) is 17.1. The summed E-state index contributed by atoms with van der Waals surface area (Å²) in [5.41, 5.74) is 3.46. The Hall–Kier alpha value is -6.81. The van der Waals surface area contributed by atoms with Crippen molar-refractivity contribution >= 4 is 52.5 Å². The lowest BCUT2D eigenvalue weighted by Gasteiger charge is -2.63. The molecule has 4 heterocycles. The highest BCUT2D eigenvalue weighted by Crippen LogP contribution is 2.56. The van der Waals surface area contributed by atoms with E-state index < -0.39 is 52.8 Å². The predicted octanol–water partition coefficient (Wildman–Crippen LogP) is 8.35. The molecule has 3 aliphatic heterocycles. The molecular formula is C63H74ClN9O7S. The van der Waals surface area contributed by atoms with Crippen LogP contribution in [0.5, 0.6) is 5.75 Å². The highest BCUT2D eigenvalue weighted by molar-refractivity contribution is 7.13. The zero-order valence-corrected chi connectivity index (χ0v) is 49.2. The molecular weight excluding hydrogens is 1060 g/mol. The maximum Gasteiger partial charge on any atom is 0.251 e. The van der Waals surface area contributed by atoms with Crippen molar-refractivity contribution in [1.29, 1.82) is 10.5 Å². The second-order valence-electron chi connectivity index (χ2n) is 25.1. The lowest BCUT2D eigenvalue weighted by molar-refractivity contribution is -0.164. The number of aliphatic hydroxyl groups is 1. The molecule has 0 spiro atoms. The number of halogens is 1. The molecule has 3 aromatic carbocycles. The number of piperidine rings is 2. The monoisotopic (exact) mass is 1140 g/mol. The third-order valence-corrected chi connectivity index (χ3v) is 18.8. The average molecular weight is 1140 g/mol. The summed E-state index contributed by atoms with van der Waals surface area (Å²) in [7, 11) is 0. The van der Waals surface area contributed by atoms with E-state index in [0.717, 1.165) is 66.0 Å². The molecule has 1 aromatic heterocycles. The number of carbonyl (C=O) groups is 5. The quantitative estimate of drug-likeness (QED) is 0.0879. The molecule has 18 heteroatoms. The van der Waals surface area contributed by atoms with Crippen LogP contribution in [0.25, 0.3) is 10.4 Å². The molecule has 2 aliphatic carbocycles. The molecule has 5 fully saturated rings. The van der Waals surface area contributed by atoms with E-state index in [1.807, 2.05) is 81.1 Å². The van der Waals surface area contributed by atoms with Gasteiger partial charge in [-0.3, -0.25) is 24.0 Å². The fourth-order valence-electron chi connectivity index (χ4n) is 12.8. The number of likely N-dealkylation sites (tertiary alicyclic amines) is 3. The maximum absolute atomic E-state index is 14.5. The van der Waals surface area contributed by atoms with Crippen molar-refractivity contribution in [3.8, 4) is 40.2 Å². The zero-order valence-electron chi connectivity index (χ0n) is 47.6. The van der Waals surface area contributed by atoms with E-state index >= 15 is 0 Å². The van der Waals surface area contributed by atoms with Gasteiger partial charge < -0.3 is 40.5 Å². The number of carbonyl (C=O) groups excluding carboxylic acids is 5. The van der Waals surface area contributed by atoms with Crippen LogP contribution in [-0.4, -0.2) is 123 Å². The van der Waals surface area contributed by atoms with Crippen molar-refractivity contribution in [2.75, 3.05) is 32.7 Å². The molecule has 3 saturated heterocycles. The Morgan fingerprint density at radius 2 is 1.57 bits per heavy atom. The first-order valence-electron chi connectivity index (χ1n) is 28.2. The molecule has 5 amide bonds. The van der Waals surface area contributed by atoms with Gasteiger partial charge in [-0.05, 0) is 111 Å². The zero-order chi connectivity index (χ0) is 58.2. The summed E-state index contributed by atoms with van der Waals surface area (Å²) >= 11 is 7.81. The SMILES string of the molecule is Cc1ncsc1-c1ccc([C@H](CC(=O)N2CCC(N3CCC(C#Cc4ccc(C(=O)NC5C(C)(C)C(Oc6ccc(C#N)c(Cl)c6)C5(C)C)cc4)CC3)CC2)NC(=O)[C@@H]2C[C@@H](O)CN2C(=O)[C@@H](NC(=O)C2(C#N)CC2)C(C)(C)C)cc1. The van der Waals surface area contributed by atoms with E-state index in [4.69, 9.17) is 16.3 Å². The second kappa shape index (κ2) is 23.6. The normalized spacial score (nSPS) is 23.0. The average Bonchev–Trinajstić information content (AvgIpc) is 3.43. The number of β-amino-alcohol motifs (C(OH)–C–C–N with tert-alkyl or cyclic N) is 1. The highest BCUT2D eigenvalue weighted by atomic mass is 35.5. The van der Waals surface area contributed by atoms with E-state index in [2.05, 4.69) is 77.5 Å². The number of thiazole rings is 1. The molecule has 4 aromatic rings. The second-order valence-corrected chi connectivity index (χ2v) is 26.3. The summed E-state index contributed by atoms with van der Waals surface area (Å²) in [5, 5.41) is 39.4. The van der Waals surface area contributed by atoms with Gasteiger partial charge in [-0.2, -0.15) is 10.5 Å². The van der Waals surface area contributed by atoms with Gasteiger partial charge in [-0.25, -0.2) is 4.98 Å². The number of hydrogen-bond donors (Lipinski definition) is 4. The largest absolute Gasteiger partial charge is 0.489 e. The molecule has 9 rings (SSSR count). The standard InChI is InChI=1S/C63H74ClN9O7S/c1-38-52(81-37-67-38)42-17-15-41(16-18-42)49(68-55(77)50-31-46(74)35-73(50)56(78)53(60(2,3)4)69-59(79)63(36-66)25-26-63)33-51(75)72-29-23-45(24-30-72)71-27-21-40(22-28-71)10-9-39-11-13-43(14-12-39)54(76)70-57-61(5,6)58(62(57,7)8)80-47-20-19-44(34-65)48(64)32-47/h11-20,32,37,40,45-46,49-50,53,57-58,74H,21-31,33,35H2,1-8H3,(H,68,77)(H,69,79)(H,70,76)/t46-,49+,50+,53-,57?,58?/m1/s1. The number of aromatic nitrogens is 1. The van der Waals surface area contributed by atoms with E-state index in [1.54, 1.807) is 23.7 Å². The number of nitriles is 2. The minimum atomic E-state index is -1.16. The summed E-state index contributed by atoms with van der Waals surface area (Å²) in [6.07, 6.45) is 3.11. The number of ether oxygens (including phenoxy) is 1. The molecule has 0 unspecified atom stereocenters. The van der Waals surface area contributed by atoms with E-state index in [9.17, 15) is 39.6 Å². The van der Waals surface area contributed by atoms with Crippen LogP contribution >= 0.6 is 22.9 Å². The van der Waals surface area contributed by atoms with Gasteiger partial charge in [0, 0.05) is 72.1 Å². The van der Waals surface area contributed by atoms with Crippen LogP contribution in [0, 0.1) is 69.0 Å². The Labute approximate surface area is 484 Å². The first-order valence-corrected chi connectivity index (χ1v) is 29.5. The minimum Gasteiger partial charge on any atom is -0.489 e. The highest BCUT2D eigenvalue weighted by Gasteiger charge is 2.64. The lowest BCUT2D eigenvalue weighted by atomic mass is 9.49. The van der Waals surface area contributed by atoms with Gasteiger partial charge in [0.1, 0.15) is 35.4 Å². The molecule has 0 bridgehead atoms. The van der Waals surface area contributed by atoms with Crippen LogP contribution in [0.4, 0.5) is 0 Å². The number of amides is 5. The van der Waals surface area contributed by atoms with E-state index in [1.165, 1.54) is 16.2 Å². The van der Waals surface area contributed by atoms with Gasteiger partial charge in [0.25, 0.3) is 5.91 Å². The molecule has 426 valence electrons. The summed E-state index contributed by atoms with van der Waals surface area (Å²) in [5.74, 6) is 5.88. The van der Waals surface area contributed by atoms with E-state index in [0.29, 0.717) is 53.9 Å². The van der Waals surface area contributed by atoms with Gasteiger partial charge in [-0.15, -0.1) is 11.3 Å². The van der Waals surface area contributed by atoms with Gasteiger partial charge in [0.15, 0.2) is 0 Å². The van der Waals surface area contributed by atoms with Crippen LogP contribution in [0.1, 0.15) is 139 Å². The van der Waals surface area contributed by atoms with Crippen LogP contribution in [-0.2, 0) is 19.2 Å². The third-order valence-electron chi connectivity index (χ3n) is 17.5. The Bertz CT molecular complexity index is 3160. The predicted molar refractivity (Wildman–Crippen MR) is 309 cm³/mol. The van der Waals surface area contributed by atoms with Crippen molar-refractivity contribution < 1.29 is 33.8 Å². The molecule has 16 nitrogen and oxygen atoms in total. The smallest absolute Gasteiger partial charge is 0.251 e. The molecule has 0 radical (unpaired) electrons. The summed E-state index contributed by atoms with van der Waals surface area (Å²) in [6, 6.07) is 21.7. The topological polar surface area (TPSA) is 221 Å². The van der Waals surface area contributed by atoms with Crippen LogP contribution in [0.15, 0.2) is 72.2 Å². The summed E-state index contributed by atoms with van der Waals surface area (Å²) in [6.45, 7) is 18.5. The third kappa shape index (κ3) is 12.7. The van der Waals surface area contributed by atoms with Gasteiger partial charge in [-0.1, -0.05) is 96.2 Å². The van der Waals surface area contributed by atoms with Crippen LogP contribution in [0.2, 0.25) is 5.02 Å². The number of aliphatic hydroxyl groups excluding tert-OH is 1.